The molecule has 2 rings (SSSR count). The van der Waals surface area contributed by atoms with Crippen molar-refractivity contribution < 1.29 is 4.79 Å². The van der Waals surface area contributed by atoms with Crippen LogP contribution in [0.25, 0.3) is 10.9 Å². The molecular formula is C11H9BrN2O. The Morgan fingerprint density at radius 2 is 2.13 bits per heavy atom. The first-order valence-electron chi connectivity index (χ1n) is 4.50. The molecule has 1 heterocycles. The smallest absolute Gasteiger partial charge is 0.221 e. The van der Waals surface area contributed by atoms with E-state index in [0.29, 0.717) is 10.3 Å². The number of halogens is 1. The first kappa shape index (κ1) is 10.1. The van der Waals surface area contributed by atoms with Crippen molar-refractivity contribution in [3.05, 3.63) is 34.9 Å². The van der Waals surface area contributed by atoms with Gasteiger partial charge in [-0.25, -0.2) is 4.98 Å². The van der Waals surface area contributed by atoms with E-state index in [-0.39, 0.29) is 5.91 Å². The van der Waals surface area contributed by atoms with Crippen molar-refractivity contribution in [3.63, 3.8) is 0 Å². The van der Waals surface area contributed by atoms with Crippen LogP contribution in [0.15, 0.2) is 34.9 Å². The molecule has 1 amide bonds. The number of para-hydroxylation sites is 1. The van der Waals surface area contributed by atoms with Gasteiger partial charge in [-0.2, -0.15) is 0 Å². The maximum atomic E-state index is 10.9. The van der Waals surface area contributed by atoms with Gasteiger partial charge in [0.25, 0.3) is 0 Å². The molecule has 0 aliphatic heterocycles. The average molecular weight is 265 g/mol. The molecule has 0 unspecified atom stereocenters. The summed E-state index contributed by atoms with van der Waals surface area (Å²) in [5.41, 5.74) is 1.60. The number of carbonyl (C=O) groups is 1. The zero-order valence-corrected chi connectivity index (χ0v) is 9.71. The van der Waals surface area contributed by atoms with Gasteiger partial charge in [-0.15, -0.1) is 0 Å². The Morgan fingerprint density at radius 3 is 2.87 bits per heavy atom. The number of aromatic nitrogens is 1. The summed E-state index contributed by atoms with van der Waals surface area (Å²) in [5.74, 6) is -0.104. The van der Waals surface area contributed by atoms with Crippen molar-refractivity contribution in [2.45, 2.75) is 6.92 Å². The summed E-state index contributed by atoms with van der Waals surface area (Å²) in [6.45, 7) is 1.47. The van der Waals surface area contributed by atoms with Crippen LogP contribution < -0.4 is 5.32 Å². The van der Waals surface area contributed by atoms with E-state index in [1.807, 2.05) is 30.3 Å². The Bertz CT molecular complexity index is 525. The summed E-state index contributed by atoms with van der Waals surface area (Å²) >= 11 is 3.32. The number of anilines is 1. The van der Waals surface area contributed by atoms with Gasteiger partial charge in [-0.1, -0.05) is 18.2 Å². The molecule has 0 saturated carbocycles. The monoisotopic (exact) mass is 264 g/mol. The molecule has 0 aliphatic rings. The number of rotatable bonds is 1. The maximum Gasteiger partial charge on any atom is 0.221 e. The van der Waals surface area contributed by atoms with Gasteiger partial charge in [0.05, 0.1) is 11.2 Å². The van der Waals surface area contributed by atoms with E-state index in [1.165, 1.54) is 6.92 Å². The summed E-state index contributed by atoms with van der Waals surface area (Å²) in [5, 5.41) is 3.72. The van der Waals surface area contributed by atoms with Gasteiger partial charge in [-0.05, 0) is 28.1 Å². The van der Waals surface area contributed by atoms with E-state index in [9.17, 15) is 4.79 Å². The largest absolute Gasteiger partial charge is 0.324 e. The van der Waals surface area contributed by atoms with Crippen LogP contribution in [0.4, 0.5) is 5.69 Å². The maximum absolute atomic E-state index is 10.9. The van der Waals surface area contributed by atoms with Crippen LogP contribution in [0, 0.1) is 0 Å². The van der Waals surface area contributed by atoms with Crippen molar-refractivity contribution in [3.8, 4) is 0 Å². The highest BCUT2D eigenvalue weighted by Gasteiger charge is 2.04. The van der Waals surface area contributed by atoms with Gasteiger partial charge in [0.1, 0.15) is 4.60 Å². The lowest BCUT2D eigenvalue weighted by atomic mass is 10.2. The lowest BCUT2D eigenvalue weighted by molar-refractivity contribution is -0.114. The molecule has 0 radical (unpaired) electrons. The summed E-state index contributed by atoms with van der Waals surface area (Å²) in [6.07, 6.45) is 0. The fraction of sp³-hybridized carbons (Fsp3) is 0.0909. The number of nitrogens with zero attached hydrogens (tertiary/aromatic N) is 1. The molecule has 15 heavy (non-hydrogen) atoms. The summed E-state index contributed by atoms with van der Waals surface area (Å²) < 4.78 is 0.649. The number of hydrogen-bond donors (Lipinski definition) is 1. The number of carbonyl (C=O) groups excluding carboxylic acids is 1. The quantitative estimate of drug-likeness (QED) is 0.805. The number of nitrogens with one attached hydrogen (secondary N) is 1. The van der Waals surface area contributed by atoms with E-state index >= 15 is 0 Å². The molecule has 0 spiro atoms. The third-order valence-electron chi connectivity index (χ3n) is 1.99. The zero-order valence-electron chi connectivity index (χ0n) is 8.12. The number of hydrogen-bond acceptors (Lipinski definition) is 2. The topological polar surface area (TPSA) is 42.0 Å². The fourth-order valence-corrected chi connectivity index (χ4v) is 1.77. The second kappa shape index (κ2) is 3.98. The Morgan fingerprint density at radius 1 is 1.40 bits per heavy atom. The molecule has 1 N–H and O–H groups in total. The van der Waals surface area contributed by atoms with Crippen LogP contribution in [0.5, 0.6) is 0 Å². The first-order valence-corrected chi connectivity index (χ1v) is 5.29. The molecule has 0 aliphatic carbocycles. The minimum Gasteiger partial charge on any atom is -0.324 e. The van der Waals surface area contributed by atoms with Gasteiger partial charge in [-0.3, -0.25) is 4.79 Å². The SMILES string of the molecule is CC(=O)Nc1cc2ccccc2nc1Br. The molecule has 0 fully saturated rings. The Hall–Kier alpha value is -1.42. The number of fused-ring (bicyclic) bond motifs is 1. The minimum absolute atomic E-state index is 0.104. The molecule has 4 heteroatoms. The minimum atomic E-state index is -0.104. The molecule has 0 bridgehead atoms. The number of pyridine rings is 1. The molecule has 0 atom stereocenters. The highest BCUT2D eigenvalue weighted by atomic mass is 79.9. The highest BCUT2D eigenvalue weighted by Crippen LogP contribution is 2.24. The van der Waals surface area contributed by atoms with Crippen LogP contribution in [0.2, 0.25) is 0 Å². The van der Waals surface area contributed by atoms with Crippen LogP contribution in [0.3, 0.4) is 0 Å². The van der Waals surface area contributed by atoms with Crippen molar-refractivity contribution in [2.24, 2.45) is 0 Å². The lowest BCUT2D eigenvalue weighted by Crippen LogP contribution is -2.06. The fourth-order valence-electron chi connectivity index (χ4n) is 1.37. The average Bonchev–Trinajstić information content (AvgIpc) is 2.18. The number of benzene rings is 1. The second-order valence-electron chi connectivity index (χ2n) is 3.20. The van der Waals surface area contributed by atoms with Crippen LogP contribution in [-0.4, -0.2) is 10.9 Å². The Kier molecular flexibility index (Phi) is 2.68. The molecule has 76 valence electrons. The highest BCUT2D eigenvalue weighted by molar-refractivity contribution is 9.10. The van der Waals surface area contributed by atoms with E-state index in [0.717, 1.165) is 10.9 Å². The third kappa shape index (κ3) is 2.15. The normalized spacial score (nSPS) is 10.3. The second-order valence-corrected chi connectivity index (χ2v) is 3.95. The predicted molar refractivity (Wildman–Crippen MR) is 63.7 cm³/mol. The van der Waals surface area contributed by atoms with Crippen molar-refractivity contribution in [1.82, 2.24) is 4.98 Å². The van der Waals surface area contributed by atoms with Gasteiger partial charge in [0.15, 0.2) is 0 Å². The summed E-state index contributed by atoms with van der Waals surface area (Å²) in [4.78, 5) is 15.3. The van der Waals surface area contributed by atoms with E-state index in [1.54, 1.807) is 0 Å². The van der Waals surface area contributed by atoms with Crippen LogP contribution in [-0.2, 0) is 4.79 Å². The molecular weight excluding hydrogens is 256 g/mol. The van der Waals surface area contributed by atoms with Gasteiger partial charge < -0.3 is 5.32 Å². The zero-order chi connectivity index (χ0) is 10.8. The predicted octanol–water partition coefficient (Wildman–Crippen LogP) is 2.96. The van der Waals surface area contributed by atoms with Crippen molar-refractivity contribution in [1.29, 1.82) is 0 Å². The van der Waals surface area contributed by atoms with E-state index in [2.05, 4.69) is 26.2 Å². The van der Waals surface area contributed by atoms with Gasteiger partial charge >= 0.3 is 0 Å². The van der Waals surface area contributed by atoms with Crippen LogP contribution in [0.1, 0.15) is 6.92 Å². The Balaban J connectivity index is 2.56. The molecule has 1 aromatic carbocycles. The summed E-state index contributed by atoms with van der Waals surface area (Å²) in [7, 11) is 0. The first-order chi connectivity index (χ1) is 7.16. The van der Waals surface area contributed by atoms with Crippen molar-refractivity contribution >= 4 is 38.4 Å². The van der Waals surface area contributed by atoms with Crippen molar-refractivity contribution in [2.75, 3.05) is 5.32 Å². The molecule has 1 aromatic heterocycles. The van der Waals surface area contributed by atoms with E-state index < -0.39 is 0 Å². The van der Waals surface area contributed by atoms with Gasteiger partial charge in [0, 0.05) is 12.3 Å². The molecule has 2 aromatic rings. The van der Waals surface area contributed by atoms with Crippen LogP contribution >= 0.6 is 15.9 Å². The van der Waals surface area contributed by atoms with Gasteiger partial charge in [0.2, 0.25) is 5.91 Å². The Labute approximate surface area is 95.6 Å². The number of amides is 1. The molecule has 3 nitrogen and oxygen atoms in total. The molecule has 0 saturated heterocycles. The standard InChI is InChI=1S/C11H9BrN2O/c1-7(15)13-10-6-8-4-2-3-5-9(8)14-11(10)12/h2-6H,1H3,(H,13,15). The third-order valence-corrected chi connectivity index (χ3v) is 2.59. The lowest BCUT2D eigenvalue weighted by Gasteiger charge is -2.06. The van der Waals surface area contributed by atoms with E-state index in [4.69, 9.17) is 0 Å². The summed E-state index contributed by atoms with van der Waals surface area (Å²) in [6, 6.07) is 9.65.